The summed E-state index contributed by atoms with van der Waals surface area (Å²) in [6, 6.07) is 10.4. The highest BCUT2D eigenvalue weighted by atomic mass is 32.2. The van der Waals surface area contributed by atoms with E-state index >= 15 is 0 Å². The second-order valence-electron chi connectivity index (χ2n) is 1.98. The zero-order chi connectivity index (χ0) is 7.23. The van der Waals surface area contributed by atoms with Crippen molar-refractivity contribution in [3.05, 3.63) is 35.9 Å². The number of benzene rings is 1. The first kappa shape index (κ1) is 7.63. The predicted octanol–water partition coefficient (Wildman–Crippen LogP) is 2.05. The van der Waals surface area contributed by atoms with Crippen molar-refractivity contribution in [1.29, 1.82) is 0 Å². The normalized spacial score (nSPS) is 9.70. The van der Waals surface area contributed by atoms with E-state index in [1.165, 1.54) is 5.56 Å². The van der Waals surface area contributed by atoms with Crippen molar-refractivity contribution >= 4 is 11.9 Å². The van der Waals surface area contributed by atoms with Crippen LogP contribution in [-0.2, 0) is 5.75 Å². The molecule has 0 unspecified atom stereocenters. The minimum absolute atomic E-state index is 1.04. The smallest absolute Gasteiger partial charge is 0.0330 e. The largest absolute Gasteiger partial charge is 0.267 e. The first-order valence-corrected chi connectivity index (χ1v) is 4.24. The van der Waals surface area contributed by atoms with Gasteiger partial charge in [-0.15, -0.1) is 0 Å². The number of rotatable bonds is 3. The Morgan fingerprint density at radius 3 is 2.60 bits per heavy atom. The highest BCUT2D eigenvalue weighted by molar-refractivity contribution is 7.96. The van der Waals surface area contributed by atoms with Crippen molar-refractivity contribution < 1.29 is 0 Å². The molecule has 0 amide bonds. The molecule has 0 aliphatic heterocycles. The fourth-order valence-corrected chi connectivity index (χ4v) is 1.23. The van der Waals surface area contributed by atoms with Crippen LogP contribution in [0.1, 0.15) is 5.56 Å². The molecule has 0 fully saturated rings. The highest BCUT2D eigenvalue weighted by Gasteiger charge is 1.87. The van der Waals surface area contributed by atoms with E-state index in [-0.39, 0.29) is 0 Å². The molecule has 1 N–H and O–H groups in total. The molecule has 0 radical (unpaired) electrons. The second kappa shape index (κ2) is 4.36. The van der Waals surface area contributed by atoms with Gasteiger partial charge in [-0.1, -0.05) is 42.3 Å². The van der Waals surface area contributed by atoms with Gasteiger partial charge in [0.1, 0.15) is 0 Å². The highest BCUT2D eigenvalue weighted by Crippen LogP contribution is 2.06. The first-order chi connectivity index (χ1) is 4.93. The molecular formula is C8H11NS. The van der Waals surface area contributed by atoms with Crippen molar-refractivity contribution in [2.45, 2.75) is 5.75 Å². The minimum Gasteiger partial charge on any atom is -0.267 e. The lowest BCUT2D eigenvalue weighted by atomic mass is 10.2. The minimum atomic E-state index is 1.04. The molecule has 0 aliphatic carbocycles. The van der Waals surface area contributed by atoms with Crippen LogP contribution in [0, 0.1) is 0 Å². The Labute approximate surface area is 66.0 Å². The molecular weight excluding hydrogens is 142 g/mol. The molecule has 0 spiro atoms. The average Bonchev–Trinajstić information content (AvgIpc) is 2.03. The lowest BCUT2D eigenvalue weighted by molar-refractivity contribution is 1.27. The summed E-state index contributed by atoms with van der Waals surface area (Å²) < 4.78 is 3.03. The standard InChI is InChI=1S/C8H11NS/c1-9-10-7-8-5-3-2-4-6-8/h2-6,9H,7H2,1H3. The zero-order valence-electron chi connectivity index (χ0n) is 6.00. The number of nitrogens with one attached hydrogen (secondary N) is 1. The third kappa shape index (κ3) is 2.42. The first-order valence-electron chi connectivity index (χ1n) is 3.26. The quantitative estimate of drug-likeness (QED) is 0.667. The molecule has 0 aromatic heterocycles. The molecule has 0 saturated heterocycles. The van der Waals surface area contributed by atoms with Gasteiger partial charge in [0.2, 0.25) is 0 Å². The van der Waals surface area contributed by atoms with Gasteiger partial charge in [0.05, 0.1) is 0 Å². The SMILES string of the molecule is CNSCc1ccccc1. The van der Waals surface area contributed by atoms with Gasteiger partial charge >= 0.3 is 0 Å². The summed E-state index contributed by atoms with van der Waals surface area (Å²) in [6.07, 6.45) is 0. The molecule has 10 heavy (non-hydrogen) atoms. The van der Waals surface area contributed by atoms with Crippen LogP contribution < -0.4 is 4.72 Å². The third-order valence-corrected chi connectivity index (χ3v) is 1.99. The Morgan fingerprint density at radius 2 is 2.00 bits per heavy atom. The Hall–Kier alpha value is -0.470. The van der Waals surface area contributed by atoms with Crippen LogP contribution in [0.4, 0.5) is 0 Å². The molecule has 0 aliphatic rings. The van der Waals surface area contributed by atoms with Crippen LogP contribution in [0.15, 0.2) is 30.3 Å². The van der Waals surface area contributed by atoms with Gasteiger partial charge in [-0.2, -0.15) is 0 Å². The average molecular weight is 153 g/mol. The monoisotopic (exact) mass is 153 g/mol. The van der Waals surface area contributed by atoms with E-state index in [0.29, 0.717) is 0 Å². The van der Waals surface area contributed by atoms with Crippen molar-refractivity contribution in [3.8, 4) is 0 Å². The van der Waals surface area contributed by atoms with Gasteiger partial charge in [-0.25, -0.2) is 0 Å². The molecule has 1 aromatic carbocycles. The molecule has 2 heteroatoms. The van der Waals surface area contributed by atoms with E-state index in [1.54, 1.807) is 11.9 Å². The lowest BCUT2D eigenvalue weighted by Gasteiger charge is -1.97. The van der Waals surface area contributed by atoms with E-state index in [0.717, 1.165) is 5.75 Å². The zero-order valence-corrected chi connectivity index (χ0v) is 6.82. The Bertz CT molecular complexity index is 174. The van der Waals surface area contributed by atoms with Gasteiger partial charge in [0.25, 0.3) is 0 Å². The maximum atomic E-state index is 3.03. The van der Waals surface area contributed by atoms with Crippen LogP contribution in [0.5, 0.6) is 0 Å². The molecule has 1 rings (SSSR count). The Morgan fingerprint density at radius 1 is 1.30 bits per heavy atom. The maximum Gasteiger partial charge on any atom is 0.0330 e. The second-order valence-corrected chi connectivity index (χ2v) is 2.96. The molecule has 1 aromatic rings. The molecule has 0 heterocycles. The fourth-order valence-electron chi connectivity index (χ4n) is 0.730. The number of hydrogen-bond donors (Lipinski definition) is 1. The Balaban J connectivity index is 2.43. The summed E-state index contributed by atoms with van der Waals surface area (Å²) in [5.74, 6) is 1.04. The van der Waals surface area contributed by atoms with Gasteiger partial charge < -0.3 is 0 Å². The van der Waals surface area contributed by atoms with Gasteiger partial charge in [0.15, 0.2) is 0 Å². The number of hydrogen-bond acceptors (Lipinski definition) is 2. The lowest BCUT2D eigenvalue weighted by Crippen LogP contribution is -1.91. The van der Waals surface area contributed by atoms with Gasteiger partial charge in [-0.05, 0) is 12.6 Å². The fraction of sp³-hybridized carbons (Fsp3) is 0.250. The summed E-state index contributed by atoms with van der Waals surface area (Å²) in [6.45, 7) is 0. The van der Waals surface area contributed by atoms with E-state index in [2.05, 4.69) is 29.0 Å². The van der Waals surface area contributed by atoms with Crippen LogP contribution in [0.25, 0.3) is 0 Å². The summed E-state index contributed by atoms with van der Waals surface area (Å²) >= 11 is 1.71. The molecule has 0 bridgehead atoms. The van der Waals surface area contributed by atoms with Gasteiger partial charge in [-0.3, -0.25) is 4.72 Å². The van der Waals surface area contributed by atoms with E-state index in [9.17, 15) is 0 Å². The third-order valence-electron chi connectivity index (χ3n) is 1.23. The maximum absolute atomic E-state index is 3.03. The summed E-state index contributed by atoms with van der Waals surface area (Å²) in [4.78, 5) is 0. The van der Waals surface area contributed by atoms with Crippen LogP contribution >= 0.6 is 11.9 Å². The van der Waals surface area contributed by atoms with Crippen molar-refractivity contribution in [1.82, 2.24) is 4.72 Å². The van der Waals surface area contributed by atoms with E-state index < -0.39 is 0 Å². The van der Waals surface area contributed by atoms with Crippen molar-refractivity contribution in [2.24, 2.45) is 0 Å². The predicted molar refractivity (Wildman–Crippen MR) is 46.8 cm³/mol. The van der Waals surface area contributed by atoms with E-state index in [4.69, 9.17) is 0 Å². The Kier molecular flexibility index (Phi) is 3.33. The summed E-state index contributed by atoms with van der Waals surface area (Å²) in [7, 11) is 1.94. The van der Waals surface area contributed by atoms with Crippen LogP contribution in [-0.4, -0.2) is 7.05 Å². The van der Waals surface area contributed by atoms with Crippen LogP contribution in [0.2, 0.25) is 0 Å². The van der Waals surface area contributed by atoms with Crippen molar-refractivity contribution in [2.75, 3.05) is 7.05 Å². The molecule has 0 saturated carbocycles. The molecule has 1 nitrogen and oxygen atoms in total. The molecule has 54 valence electrons. The van der Waals surface area contributed by atoms with E-state index in [1.807, 2.05) is 13.1 Å². The van der Waals surface area contributed by atoms with Gasteiger partial charge in [0, 0.05) is 5.75 Å². The van der Waals surface area contributed by atoms with Crippen LogP contribution in [0.3, 0.4) is 0 Å². The summed E-state index contributed by atoms with van der Waals surface area (Å²) in [5, 5.41) is 0. The van der Waals surface area contributed by atoms with Crippen molar-refractivity contribution in [3.63, 3.8) is 0 Å². The summed E-state index contributed by atoms with van der Waals surface area (Å²) in [5.41, 5.74) is 1.36. The topological polar surface area (TPSA) is 12.0 Å². The molecule has 0 atom stereocenters.